The second-order valence-corrected chi connectivity index (χ2v) is 6.22. The number of thioether (sulfide) groups is 1. The molecule has 2 atom stereocenters. The summed E-state index contributed by atoms with van der Waals surface area (Å²) in [6.45, 7) is 1.55. The lowest BCUT2D eigenvalue weighted by atomic mass is 10.1. The lowest BCUT2D eigenvalue weighted by Gasteiger charge is -2.23. The number of nitrogens with one attached hydrogen (secondary N) is 1. The maximum absolute atomic E-state index is 13.8. The van der Waals surface area contributed by atoms with Crippen LogP contribution in [0.2, 0.25) is 0 Å². The molecule has 0 aromatic heterocycles. The van der Waals surface area contributed by atoms with Crippen LogP contribution in [0.4, 0.5) is 14.5 Å². The lowest BCUT2D eigenvalue weighted by Crippen LogP contribution is -2.25. The zero-order valence-corrected chi connectivity index (χ0v) is 11.6. The van der Waals surface area contributed by atoms with Crippen LogP contribution in [0.15, 0.2) is 17.1 Å². The summed E-state index contributed by atoms with van der Waals surface area (Å²) in [5.41, 5.74) is 0.489. The first-order chi connectivity index (χ1) is 9.13. The Bertz CT molecular complexity index is 530. The van der Waals surface area contributed by atoms with E-state index < -0.39 is 11.6 Å². The number of fused-ring (bicyclic) bond motifs is 1. The van der Waals surface area contributed by atoms with Crippen LogP contribution in [-0.4, -0.2) is 17.0 Å². The number of hydrogen-bond donors (Lipinski definition) is 1. The van der Waals surface area contributed by atoms with Crippen LogP contribution in [-0.2, 0) is 0 Å². The van der Waals surface area contributed by atoms with Gasteiger partial charge in [0.2, 0.25) is 0 Å². The minimum Gasteiger partial charge on any atom is -0.333 e. The predicted octanol–water partition coefficient (Wildman–Crippen LogP) is 3.96. The first kappa shape index (κ1) is 12.9. The Balaban J connectivity index is 1.80. The van der Waals surface area contributed by atoms with E-state index in [1.165, 1.54) is 25.0 Å². The second kappa shape index (κ2) is 5.12. The summed E-state index contributed by atoms with van der Waals surface area (Å²) in [4.78, 5) is 4.61. The SMILES string of the molecule is Cc1cc(F)c(NC2=NC3CCCC3CS2)cc1F. The molecule has 0 spiro atoms. The van der Waals surface area contributed by atoms with Crippen LogP contribution in [0.1, 0.15) is 24.8 Å². The average molecular weight is 282 g/mol. The summed E-state index contributed by atoms with van der Waals surface area (Å²) in [6.07, 6.45) is 3.57. The fraction of sp³-hybridized carbons (Fsp3) is 0.500. The van der Waals surface area contributed by atoms with Gasteiger partial charge in [0.15, 0.2) is 5.17 Å². The first-order valence-corrected chi connectivity index (χ1v) is 7.55. The fourth-order valence-electron chi connectivity index (χ4n) is 2.68. The molecule has 1 fully saturated rings. The molecule has 1 heterocycles. The van der Waals surface area contributed by atoms with Gasteiger partial charge < -0.3 is 5.32 Å². The van der Waals surface area contributed by atoms with Crippen molar-refractivity contribution in [3.05, 3.63) is 29.3 Å². The maximum atomic E-state index is 13.8. The van der Waals surface area contributed by atoms with Crippen molar-refractivity contribution in [3.8, 4) is 0 Å². The number of benzene rings is 1. The highest BCUT2D eigenvalue weighted by atomic mass is 32.2. The van der Waals surface area contributed by atoms with Crippen LogP contribution >= 0.6 is 11.8 Å². The summed E-state index contributed by atoms with van der Waals surface area (Å²) in [5, 5.41) is 3.64. The molecule has 5 heteroatoms. The van der Waals surface area contributed by atoms with Crippen molar-refractivity contribution in [2.24, 2.45) is 10.9 Å². The van der Waals surface area contributed by atoms with Crippen molar-refractivity contribution >= 4 is 22.6 Å². The van der Waals surface area contributed by atoms with Gasteiger partial charge in [-0.05, 0) is 37.3 Å². The molecule has 1 aliphatic carbocycles. The zero-order chi connectivity index (χ0) is 13.4. The standard InChI is InChI=1S/C14H16F2N2S/c1-8-5-11(16)13(6-10(8)15)18-14-17-12-4-2-3-9(12)7-19-14/h5-6,9,12H,2-4,7H2,1H3,(H,17,18). The van der Waals surface area contributed by atoms with E-state index in [4.69, 9.17) is 0 Å². The number of nitrogens with zero attached hydrogens (tertiary/aromatic N) is 1. The van der Waals surface area contributed by atoms with E-state index in [1.807, 2.05) is 0 Å². The number of rotatable bonds is 1. The molecule has 0 saturated heterocycles. The van der Waals surface area contributed by atoms with Gasteiger partial charge in [-0.15, -0.1) is 0 Å². The Morgan fingerprint density at radius 3 is 2.95 bits per heavy atom. The Morgan fingerprint density at radius 1 is 1.26 bits per heavy atom. The largest absolute Gasteiger partial charge is 0.333 e. The van der Waals surface area contributed by atoms with Crippen LogP contribution in [0.25, 0.3) is 0 Å². The molecule has 1 aromatic rings. The molecule has 1 aromatic carbocycles. The molecule has 3 rings (SSSR count). The topological polar surface area (TPSA) is 24.4 Å². The monoisotopic (exact) mass is 282 g/mol. The van der Waals surface area contributed by atoms with Gasteiger partial charge >= 0.3 is 0 Å². The quantitative estimate of drug-likeness (QED) is 0.843. The van der Waals surface area contributed by atoms with E-state index in [1.54, 1.807) is 18.7 Å². The summed E-state index contributed by atoms with van der Waals surface area (Å²) in [6, 6.07) is 2.78. The number of halogens is 2. The summed E-state index contributed by atoms with van der Waals surface area (Å²) < 4.78 is 27.2. The minimum atomic E-state index is -0.434. The highest BCUT2D eigenvalue weighted by molar-refractivity contribution is 8.14. The molecule has 1 aliphatic heterocycles. The molecule has 0 amide bonds. The van der Waals surface area contributed by atoms with Gasteiger partial charge in [0.25, 0.3) is 0 Å². The first-order valence-electron chi connectivity index (χ1n) is 6.57. The van der Waals surface area contributed by atoms with Crippen LogP contribution in [0.3, 0.4) is 0 Å². The van der Waals surface area contributed by atoms with Crippen molar-refractivity contribution in [1.29, 1.82) is 0 Å². The Labute approximate surface area is 115 Å². The number of anilines is 1. The Morgan fingerprint density at radius 2 is 2.11 bits per heavy atom. The maximum Gasteiger partial charge on any atom is 0.161 e. The highest BCUT2D eigenvalue weighted by Gasteiger charge is 2.31. The smallest absolute Gasteiger partial charge is 0.161 e. The van der Waals surface area contributed by atoms with E-state index in [0.717, 1.165) is 12.2 Å². The fourth-order valence-corrected chi connectivity index (χ4v) is 3.83. The molecule has 1 N–H and O–H groups in total. The van der Waals surface area contributed by atoms with Crippen LogP contribution < -0.4 is 5.32 Å². The molecule has 0 radical (unpaired) electrons. The Hall–Kier alpha value is -1.10. The Kier molecular flexibility index (Phi) is 3.48. The average Bonchev–Trinajstić information content (AvgIpc) is 2.83. The van der Waals surface area contributed by atoms with E-state index in [-0.39, 0.29) is 5.69 Å². The third-order valence-electron chi connectivity index (χ3n) is 3.83. The molecular formula is C14H16F2N2S. The van der Waals surface area contributed by atoms with Crippen LogP contribution in [0, 0.1) is 24.5 Å². The van der Waals surface area contributed by atoms with Crippen molar-refractivity contribution in [2.75, 3.05) is 11.1 Å². The van der Waals surface area contributed by atoms with Crippen molar-refractivity contribution < 1.29 is 8.78 Å². The highest BCUT2D eigenvalue weighted by Crippen LogP contribution is 2.35. The van der Waals surface area contributed by atoms with Gasteiger partial charge in [-0.3, -0.25) is 4.99 Å². The lowest BCUT2D eigenvalue weighted by molar-refractivity contribution is 0.535. The second-order valence-electron chi connectivity index (χ2n) is 5.21. The minimum absolute atomic E-state index is 0.172. The summed E-state index contributed by atoms with van der Waals surface area (Å²) in [7, 11) is 0. The van der Waals surface area contributed by atoms with Gasteiger partial charge in [-0.1, -0.05) is 18.2 Å². The molecule has 2 unspecified atom stereocenters. The normalized spacial score (nSPS) is 25.9. The van der Waals surface area contributed by atoms with E-state index >= 15 is 0 Å². The van der Waals surface area contributed by atoms with Gasteiger partial charge in [0.05, 0.1) is 11.7 Å². The molecule has 2 nitrogen and oxygen atoms in total. The summed E-state index contributed by atoms with van der Waals surface area (Å²) in [5.74, 6) is 0.849. The molecule has 19 heavy (non-hydrogen) atoms. The van der Waals surface area contributed by atoms with Crippen LogP contribution in [0.5, 0.6) is 0 Å². The molecule has 1 saturated carbocycles. The van der Waals surface area contributed by atoms with E-state index in [0.29, 0.717) is 22.7 Å². The molecule has 102 valence electrons. The third-order valence-corrected chi connectivity index (χ3v) is 4.90. The van der Waals surface area contributed by atoms with Crippen molar-refractivity contribution in [3.63, 3.8) is 0 Å². The van der Waals surface area contributed by atoms with Gasteiger partial charge in [-0.2, -0.15) is 0 Å². The number of aryl methyl sites for hydroxylation is 1. The molecule has 0 bridgehead atoms. The summed E-state index contributed by atoms with van der Waals surface area (Å²) >= 11 is 1.60. The number of aliphatic imine (C=N–C) groups is 1. The number of amidine groups is 1. The van der Waals surface area contributed by atoms with Crippen molar-refractivity contribution in [1.82, 2.24) is 0 Å². The predicted molar refractivity (Wildman–Crippen MR) is 75.7 cm³/mol. The molecular weight excluding hydrogens is 266 g/mol. The third kappa shape index (κ3) is 2.61. The van der Waals surface area contributed by atoms with E-state index in [9.17, 15) is 8.78 Å². The van der Waals surface area contributed by atoms with Gasteiger partial charge in [-0.25, -0.2) is 8.78 Å². The zero-order valence-electron chi connectivity index (χ0n) is 10.7. The molecule has 2 aliphatic rings. The van der Waals surface area contributed by atoms with Crippen molar-refractivity contribution in [2.45, 2.75) is 32.2 Å². The van der Waals surface area contributed by atoms with Gasteiger partial charge in [0.1, 0.15) is 11.6 Å². The van der Waals surface area contributed by atoms with Gasteiger partial charge in [0, 0.05) is 11.8 Å². The number of hydrogen-bond acceptors (Lipinski definition) is 3. The van der Waals surface area contributed by atoms with E-state index in [2.05, 4.69) is 10.3 Å².